The normalized spacial score (nSPS) is 31.7. The maximum absolute atomic E-state index is 11.7. The molecule has 1 unspecified atom stereocenters. The fraction of sp³-hybridized carbons (Fsp3) is 0.536. The molecule has 2 N–H and O–H groups in total. The van der Waals surface area contributed by atoms with E-state index in [-0.39, 0.29) is 17.6 Å². The molecule has 2 heterocycles. The predicted octanol–water partition coefficient (Wildman–Crippen LogP) is 3.75. The van der Waals surface area contributed by atoms with Crippen LogP contribution >= 0.6 is 0 Å². The van der Waals surface area contributed by atoms with Crippen LogP contribution in [0.25, 0.3) is 0 Å². The van der Waals surface area contributed by atoms with Crippen LogP contribution < -0.4 is 10.6 Å². The molecule has 2 aromatic rings. The van der Waals surface area contributed by atoms with Gasteiger partial charge in [-0.1, -0.05) is 41.6 Å². The van der Waals surface area contributed by atoms with Gasteiger partial charge in [0.15, 0.2) is 5.82 Å². The fourth-order valence-electron chi connectivity index (χ4n) is 7.52. The summed E-state index contributed by atoms with van der Waals surface area (Å²) in [7, 11) is 1.37. The van der Waals surface area contributed by atoms with Gasteiger partial charge in [0.1, 0.15) is 6.04 Å². The first-order valence-electron chi connectivity index (χ1n) is 13.0. The first-order valence-corrected chi connectivity index (χ1v) is 13.0. The van der Waals surface area contributed by atoms with E-state index in [1.54, 1.807) is 0 Å². The highest BCUT2D eigenvalue weighted by molar-refractivity contribution is 5.75. The van der Waals surface area contributed by atoms with Crippen LogP contribution in [0.2, 0.25) is 0 Å². The fourth-order valence-corrected chi connectivity index (χ4v) is 7.52. The second-order valence-corrected chi connectivity index (χ2v) is 11.2. The highest BCUT2D eigenvalue weighted by atomic mass is 16.5. The lowest BCUT2D eigenvalue weighted by molar-refractivity contribution is -0.142. The summed E-state index contributed by atoms with van der Waals surface area (Å²) in [6, 6.07) is 7.81. The Labute approximate surface area is 207 Å². The van der Waals surface area contributed by atoms with Crippen molar-refractivity contribution >= 4 is 11.8 Å². The number of hydrogen-bond donors (Lipinski definition) is 1. The number of hydrogen-bond acceptors (Lipinski definition) is 6. The van der Waals surface area contributed by atoms with Crippen molar-refractivity contribution in [2.45, 2.75) is 69.0 Å². The maximum Gasteiger partial charge on any atom is 0.322 e. The van der Waals surface area contributed by atoms with Crippen molar-refractivity contribution in [2.75, 3.05) is 12.0 Å². The number of methoxy groups -OCH3 is 1. The zero-order valence-electron chi connectivity index (χ0n) is 20.4. The van der Waals surface area contributed by atoms with Crippen molar-refractivity contribution in [3.05, 3.63) is 66.0 Å². The van der Waals surface area contributed by atoms with E-state index < -0.39 is 6.04 Å². The molecule has 0 amide bonds. The van der Waals surface area contributed by atoms with Crippen LogP contribution in [0.4, 0.5) is 5.82 Å². The van der Waals surface area contributed by atoms with Crippen molar-refractivity contribution in [3.8, 4) is 0 Å². The van der Waals surface area contributed by atoms with Crippen LogP contribution in [0.5, 0.6) is 0 Å². The minimum atomic E-state index is -0.649. The Balaban J connectivity index is 1.19. The van der Waals surface area contributed by atoms with Crippen molar-refractivity contribution in [1.29, 1.82) is 0 Å². The Morgan fingerprint density at radius 1 is 1.14 bits per heavy atom. The number of esters is 1. The van der Waals surface area contributed by atoms with Crippen molar-refractivity contribution in [1.82, 2.24) is 15.0 Å². The van der Waals surface area contributed by atoms with Gasteiger partial charge in [-0.15, -0.1) is 5.10 Å². The average Bonchev–Trinajstić information content (AvgIpc) is 3.34. The summed E-state index contributed by atoms with van der Waals surface area (Å²) in [6.45, 7) is 0. The number of anilines is 1. The molecule has 4 saturated carbocycles. The maximum atomic E-state index is 11.7. The minimum Gasteiger partial charge on any atom is -0.468 e. The number of carbonyl (C=O) groups excluding carboxylic acids is 1. The van der Waals surface area contributed by atoms with Gasteiger partial charge in [0.2, 0.25) is 0 Å². The third kappa shape index (κ3) is 4.31. The van der Waals surface area contributed by atoms with Crippen molar-refractivity contribution in [3.63, 3.8) is 0 Å². The number of ether oxygens (including phenoxy) is 1. The first-order chi connectivity index (χ1) is 17.0. The van der Waals surface area contributed by atoms with Crippen LogP contribution in [-0.2, 0) is 27.9 Å². The molecule has 7 heteroatoms. The molecule has 4 bridgehead atoms. The van der Waals surface area contributed by atoms with Crippen molar-refractivity contribution < 1.29 is 9.53 Å². The average molecular weight is 474 g/mol. The summed E-state index contributed by atoms with van der Waals surface area (Å²) in [6.07, 6.45) is 20.0. The molecule has 35 heavy (non-hydrogen) atoms. The number of aromatic nitrogens is 3. The van der Waals surface area contributed by atoms with Gasteiger partial charge in [0.05, 0.1) is 24.9 Å². The van der Waals surface area contributed by atoms with Gasteiger partial charge in [-0.25, -0.2) is 4.68 Å². The van der Waals surface area contributed by atoms with Crippen molar-refractivity contribution in [2.24, 2.45) is 23.5 Å². The second kappa shape index (κ2) is 8.94. The molecule has 7 nitrogen and oxygen atoms in total. The topological polar surface area (TPSA) is 86.3 Å². The molecule has 1 aromatic carbocycles. The van der Waals surface area contributed by atoms with E-state index in [1.165, 1.54) is 51.2 Å². The molecule has 0 spiro atoms. The standard InChI is InChI=1S/C28H35N5O2/c1-35-27(34)25(29)14-20-6-4-5-19(9-20)13-24-7-2-3-8-32(24)26-18-33(31-30-26)28-15-21-10-22(16-28)12-23(11-21)17-28/h2-9,18,21-25H,10-17,29H2,1H3/t21?,22?,23?,24?,25-,28?/m1/s1. The number of carbonyl (C=O) groups is 1. The Bertz CT molecular complexity index is 1120. The molecule has 1 aliphatic heterocycles. The van der Waals surface area contributed by atoms with E-state index in [2.05, 4.69) is 57.4 Å². The SMILES string of the molecule is COC(=O)[C@H](N)Cc1cccc(CC2C=CC=CN2c2cn(C34CC5CC(CC(C5)C3)C4)nn2)c1. The summed E-state index contributed by atoms with van der Waals surface area (Å²) < 4.78 is 7.00. The Kier molecular flexibility index (Phi) is 5.75. The number of nitrogens with zero attached hydrogens (tertiary/aromatic N) is 4. The van der Waals surface area contributed by atoms with E-state index in [1.807, 2.05) is 12.1 Å². The highest BCUT2D eigenvalue weighted by Crippen LogP contribution is 2.58. The van der Waals surface area contributed by atoms with Gasteiger partial charge < -0.3 is 15.4 Å². The zero-order valence-corrected chi connectivity index (χ0v) is 20.4. The van der Waals surface area contributed by atoms with Crippen LogP contribution in [0.1, 0.15) is 49.7 Å². The smallest absolute Gasteiger partial charge is 0.322 e. The quantitative estimate of drug-likeness (QED) is 0.617. The van der Waals surface area contributed by atoms with E-state index in [4.69, 9.17) is 15.7 Å². The molecule has 2 atom stereocenters. The number of rotatable bonds is 7. The van der Waals surface area contributed by atoms with Crippen LogP contribution in [0.15, 0.2) is 54.9 Å². The van der Waals surface area contributed by atoms with Crippen LogP contribution in [-0.4, -0.2) is 40.2 Å². The molecule has 0 saturated heterocycles. The Hall–Kier alpha value is -2.93. The van der Waals surface area contributed by atoms with Gasteiger partial charge >= 0.3 is 5.97 Å². The molecule has 7 rings (SSSR count). The number of nitrogens with two attached hydrogens (primary N) is 1. The summed E-state index contributed by atoms with van der Waals surface area (Å²) in [5, 5.41) is 9.36. The Morgan fingerprint density at radius 3 is 2.57 bits per heavy atom. The molecular formula is C28H35N5O2. The van der Waals surface area contributed by atoms with E-state index >= 15 is 0 Å². The third-order valence-electron chi connectivity index (χ3n) is 8.68. The van der Waals surface area contributed by atoms with Gasteiger partial charge in [0, 0.05) is 6.20 Å². The molecule has 5 aliphatic rings. The van der Waals surface area contributed by atoms with E-state index in [0.717, 1.165) is 35.6 Å². The van der Waals surface area contributed by atoms with Crippen LogP contribution in [0, 0.1) is 17.8 Å². The van der Waals surface area contributed by atoms with Gasteiger partial charge in [-0.3, -0.25) is 4.79 Å². The molecule has 1 aromatic heterocycles. The lowest BCUT2D eigenvalue weighted by Gasteiger charge is -2.56. The molecule has 4 fully saturated rings. The number of allylic oxidation sites excluding steroid dienone is 2. The zero-order chi connectivity index (χ0) is 24.0. The van der Waals surface area contributed by atoms with E-state index in [9.17, 15) is 4.79 Å². The van der Waals surface area contributed by atoms with Gasteiger partial charge in [-0.2, -0.15) is 0 Å². The number of benzene rings is 1. The Morgan fingerprint density at radius 2 is 1.86 bits per heavy atom. The highest BCUT2D eigenvalue weighted by Gasteiger charge is 2.52. The predicted molar refractivity (Wildman–Crippen MR) is 135 cm³/mol. The lowest BCUT2D eigenvalue weighted by atomic mass is 9.53. The van der Waals surface area contributed by atoms with Gasteiger partial charge in [0.25, 0.3) is 0 Å². The van der Waals surface area contributed by atoms with E-state index in [0.29, 0.717) is 6.42 Å². The molecular weight excluding hydrogens is 438 g/mol. The lowest BCUT2D eigenvalue weighted by Crippen LogP contribution is -2.52. The largest absolute Gasteiger partial charge is 0.468 e. The first kappa shape index (κ1) is 22.5. The molecule has 4 aliphatic carbocycles. The van der Waals surface area contributed by atoms with Gasteiger partial charge in [-0.05, 0) is 86.3 Å². The summed E-state index contributed by atoms with van der Waals surface area (Å²) in [5.74, 6) is 3.15. The summed E-state index contributed by atoms with van der Waals surface area (Å²) in [5.41, 5.74) is 8.39. The molecule has 184 valence electrons. The monoisotopic (exact) mass is 473 g/mol. The second-order valence-electron chi connectivity index (χ2n) is 11.2. The summed E-state index contributed by atoms with van der Waals surface area (Å²) >= 11 is 0. The minimum absolute atomic E-state index is 0.144. The third-order valence-corrected chi connectivity index (χ3v) is 8.68. The van der Waals surface area contributed by atoms with Crippen LogP contribution in [0.3, 0.4) is 0 Å². The summed E-state index contributed by atoms with van der Waals surface area (Å²) in [4.78, 5) is 14.0. The molecule has 0 radical (unpaired) electrons.